The zero-order chi connectivity index (χ0) is 26.5. The average Bonchev–Trinajstić information content (AvgIpc) is 3.12. The lowest BCUT2D eigenvalue weighted by Gasteiger charge is -2.41. The van der Waals surface area contributed by atoms with Crippen LogP contribution in [-0.2, 0) is 6.42 Å². The van der Waals surface area contributed by atoms with E-state index in [-0.39, 0.29) is 23.8 Å². The van der Waals surface area contributed by atoms with Gasteiger partial charge in [0.25, 0.3) is 0 Å². The van der Waals surface area contributed by atoms with Crippen molar-refractivity contribution in [3.05, 3.63) is 64.6 Å². The highest BCUT2D eigenvalue weighted by Crippen LogP contribution is 2.44. The Kier molecular flexibility index (Phi) is 6.86. The Morgan fingerprint density at radius 2 is 1.76 bits per heavy atom. The van der Waals surface area contributed by atoms with E-state index in [9.17, 15) is 22.0 Å². The Balaban J connectivity index is 1.51. The molecule has 2 N–H and O–H groups in total. The summed E-state index contributed by atoms with van der Waals surface area (Å²) in [5, 5.41) is 3.66. The molecule has 2 aromatic carbocycles. The maximum absolute atomic E-state index is 15.5. The zero-order valence-corrected chi connectivity index (χ0v) is 20.1. The topological polar surface area (TPSA) is 34.3 Å². The molecule has 4 nitrogen and oxygen atoms in total. The molecule has 5 rings (SSSR count). The summed E-state index contributed by atoms with van der Waals surface area (Å²) < 4.78 is 98.0. The first-order chi connectivity index (χ1) is 17.5. The molecule has 0 aliphatic carbocycles. The predicted molar refractivity (Wildman–Crippen MR) is 127 cm³/mol. The number of fused-ring (bicyclic) bond motifs is 3. The molecule has 0 bridgehead atoms. The Bertz CT molecular complexity index is 1260. The lowest BCUT2D eigenvalue weighted by Crippen LogP contribution is -2.54. The number of nitrogens with one attached hydrogen (secondary N) is 2. The normalized spacial score (nSPS) is 21.3. The molecule has 3 heterocycles. The first-order valence-electron chi connectivity index (χ1n) is 12.2. The SMILES string of the molecule is C[C@@H]1Cc2c([nH]c3cc(F)ccc23)[C@@H](c2c(F)cc(NC3CN(CCCF)C3)cc2F)N1CC(F)(F)F. The molecule has 0 radical (unpaired) electrons. The van der Waals surface area contributed by atoms with Crippen LogP contribution in [0.4, 0.5) is 36.4 Å². The third kappa shape index (κ3) is 5.16. The van der Waals surface area contributed by atoms with Gasteiger partial charge >= 0.3 is 6.18 Å². The summed E-state index contributed by atoms with van der Waals surface area (Å²) in [5.74, 6) is -2.48. The van der Waals surface area contributed by atoms with Crippen LogP contribution in [0.25, 0.3) is 10.9 Å². The van der Waals surface area contributed by atoms with Crippen LogP contribution in [0.1, 0.15) is 36.2 Å². The van der Waals surface area contributed by atoms with Crippen LogP contribution in [0.15, 0.2) is 30.3 Å². The summed E-state index contributed by atoms with van der Waals surface area (Å²) in [6.45, 7) is 1.60. The third-order valence-electron chi connectivity index (χ3n) is 7.22. The lowest BCUT2D eigenvalue weighted by atomic mass is 9.88. The van der Waals surface area contributed by atoms with Gasteiger partial charge in [-0.2, -0.15) is 13.2 Å². The van der Waals surface area contributed by atoms with Gasteiger partial charge in [0, 0.05) is 53.5 Å². The molecule has 3 aromatic rings. The highest BCUT2D eigenvalue weighted by molar-refractivity contribution is 5.85. The van der Waals surface area contributed by atoms with Crippen LogP contribution in [0.2, 0.25) is 0 Å². The van der Waals surface area contributed by atoms with Gasteiger partial charge in [0.1, 0.15) is 17.5 Å². The van der Waals surface area contributed by atoms with E-state index < -0.39 is 54.5 Å². The first-order valence-corrected chi connectivity index (χ1v) is 12.2. The minimum absolute atomic E-state index is 0.0732. The molecule has 0 unspecified atom stereocenters. The van der Waals surface area contributed by atoms with Gasteiger partial charge in [0.05, 0.1) is 25.3 Å². The molecule has 0 amide bonds. The first kappa shape index (κ1) is 25.8. The maximum Gasteiger partial charge on any atom is 0.401 e. The van der Waals surface area contributed by atoms with Crippen molar-refractivity contribution >= 4 is 16.6 Å². The van der Waals surface area contributed by atoms with Gasteiger partial charge < -0.3 is 10.3 Å². The number of H-pyrrole nitrogens is 1. The molecule has 1 saturated heterocycles. The smallest absolute Gasteiger partial charge is 0.380 e. The fraction of sp³-hybridized carbons (Fsp3) is 0.462. The third-order valence-corrected chi connectivity index (χ3v) is 7.22. The Labute approximate surface area is 209 Å². The predicted octanol–water partition coefficient (Wildman–Crippen LogP) is 5.94. The van der Waals surface area contributed by atoms with Crippen LogP contribution in [-0.4, -0.2) is 65.9 Å². The summed E-state index contributed by atoms with van der Waals surface area (Å²) in [6, 6.07) is 4.03. The zero-order valence-electron chi connectivity index (χ0n) is 20.1. The van der Waals surface area contributed by atoms with Crippen molar-refractivity contribution in [2.24, 2.45) is 0 Å². The lowest BCUT2D eigenvalue weighted by molar-refractivity contribution is -0.155. The van der Waals surface area contributed by atoms with E-state index in [0.29, 0.717) is 42.5 Å². The summed E-state index contributed by atoms with van der Waals surface area (Å²) in [6.07, 6.45) is -3.98. The van der Waals surface area contributed by atoms with E-state index in [0.717, 1.165) is 17.0 Å². The van der Waals surface area contributed by atoms with E-state index in [4.69, 9.17) is 0 Å². The highest BCUT2D eigenvalue weighted by atomic mass is 19.4. The van der Waals surface area contributed by atoms with Crippen LogP contribution >= 0.6 is 0 Å². The number of likely N-dealkylation sites (tertiary alicyclic amines) is 1. The Morgan fingerprint density at radius 3 is 2.41 bits per heavy atom. The number of nitrogens with zero attached hydrogens (tertiary/aromatic N) is 2. The van der Waals surface area contributed by atoms with Crippen LogP contribution in [0, 0.1) is 17.5 Å². The number of halogens is 7. The van der Waals surface area contributed by atoms with Gasteiger partial charge in [-0.25, -0.2) is 13.2 Å². The quantitative estimate of drug-likeness (QED) is 0.373. The second-order valence-electron chi connectivity index (χ2n) is 9.95. The van der Waals surface area contributed by atoms with E-state index in [1.165, 1.54) is 18.2 Å². The van der Waals surface area contributed by atoms with Gasteiger partial charge in [-0.3, -0.25) is 14.2 Å². The monoisotopic (exact) mass is 528 g/mol. The fourth-order valence-electron chi connectivity index (χ4n) is 5.59. The fourth-order valence-corrected chi connectivity index (χ4v) is 5.59. The van der Waals surface area contributed by atoms with Gasteiger partial charge in [-0.1, -0.05) is 0 Å². The van der Waals surface area contributed by atoms with Crippen molar-refractivity contribution in [3.8, 4) is 0 Å². The van der Waals surface area contributed by atoms with E-state index in [2.05, 4.69) is 10.3 Å². The van der Waals surface area contributed by atoms with E-state index in [1.54, 1.807) is 6.92 Å². The average molecular weight is 529 g/mol. The van der Waals surface area contributed by atoms with Crippen LogP contribution in [0.3, 0.4) is 0 Å². The number of alkyl halides is 4. The van der Waals surface area contributed by atoms with Crippen molar-refractivity contribution in [2.75, 3.05) is 38.2 Å². The second kappa shape index (κ2) is 9.83. The van der Waals surface area contributed by atoms with Crippen molar-refractivity contribution in [2.45, 2.75) is 44.1 Å². The van der Waals surface area contributed by atoms with Crippen molar-refractivity contribution in [3.63, 3.8) is 0 Å². The van der Waals surface area contributed by atoms with E-state index >= 15 is 8.78 Å². The summed E-state index contributed by atoms with van der Waals surface area (Å²) in [7, 11) is 0. The van der Waals surface area contributed by atoms with Crippen LogP contribution in [0.5, 0.6) is 0 Å². The van der Waals surface area contributed by atoms with Crippen molar-refractivity contribution < 1.29 is 30.7 Å². The number of rotatable bonds is 7. The molecular formula is C26H27F7N4. The molecule has 2 aliphatic heterocycles. The van der Waals surface area contributed by atoms with Crippen molar-refractivity contribution in [1.29, 1.82) is 0 Å². The van der Waals surface area contributed by atoms with Gasteiger partial charge in [-0.05, 0) is 55.7 Å². The maximum atomic E-state index is 15.5. The van der Waals surface area contributed by atoms with E-state index in [1.807, 2.05) is 4.90 Å². The molecule has 11 heteroatoms. The number of hydrogen-bond acceptors (Lipinski definition) is 3. The van der Waals surface area contributed by atoms with Gasteiger partial charge in [0.15, 0.2) is 0 Å². The van der Waals surface area contributed by atoms with Gasteiger partial charge in [0.2, 0.25) is 0 Å². The Hall–Kier alpha value is -2.79. The molecule has 200 valence electrons. The molecule has 0 spiro atoms. The second-order valence-corrected chi connectivity index (χ2v) is 9.95. The number of benzene rings is 2. The molecule has 2 atom stereocenters. The summed E-state index contributed by atoms with van der Waals surface area (Å²) >= 11 is 0. The molecule has 1 fully saturated rings. The van der Waals surface area contributed by atoms with Crippen LogP contribution < -0.4 is 5.32 Å². The standard InChI is InChI=1S/C26H27F7N4/c1-14-7-19-18-4-3-15(28)8-22(18)35-24(19)25(37(14)13-26(31,32)33)23-20(29)9-16(10-21(23)30)34-17-11-36(12-17)6-2-5-27/h3-4,8-10,14,17,25,34-35H,2,5-7,11-13H2,1H3/t14-,25-/m1/s1. The number of aromatic nitrogens is 1. The summed E-state index contributed by atoms with van der Waals surface area (Å²) in [5.41, 5.74) is 0.892. The molecule has 37 heavy (non-hydrogen) atoms. The largest absolute Gasteiger partial charge is 0.401 e. The summed E-state index contributed by atoms with van der Waals surface area (Å²) in [4.78, 5) is 6.00. The number of aromatic amines is 1. The van der Waals surface area contributed by atoms with Gasteiger partial charge in [-0.15, -0.1) is 0 Å². The molecule has 1 aromatic heterocycles. The minimum atomic E-state index is -4.60. The van der Waals surface area contributed by atoms with Crippen molar-refractivity contribution in [1.82, 2.24) is 14.8 Å². The Morgan fingerprint density at radius 1 is 1.05 bits per heavy atom. The number of anilines is 1. The highest BCUT2D eigenvalue weighted by Gasteiger charge is 2.44. The number of hydrogen-bond donors (Lipinski definition) is 2. The molecule has 0 saturated carbocycles. The molecule has 2 aliphatic rings. The minimum Gasteiger partial charge on any atom is -0.380 e. The molecular weight excluding hydrogens is 501 g/mol.